The molecule has 0 unspecified atom stereocenters. The molecule has 0 saturated carbocycles. The first kappa shape index (κ1) is 17.3. The molecule has 2 aromatic rings. The average molecular weight is 328 g/mol. The summed E-state index contributed by atoms with van der Waals surface area (Å²) in [6.07, 6.45) is 1.49. The number of hydrazone groups is 1. The second-order valence-corrected chi connectivity index (χ2v) is 4.99. The van der Waals surface area contributed by atoms with E-state index in [0.717, 1.165) is 5.56 Å². The Balaban J connectivity index is 2.18. The molecule has 0 saturated heterocycles. The van der Waals surface area contributed by atoms with Crippen LogP contribution in [0.15, 0.2) is 41.5 Å². The number of nitrogens with zero attached hydrogens (tertiary/aromatic N) is 1. The summed E-state index contributed by atoms with van der Waals surface area (Å²) in [5.41, 5.74) is 4.70. The molecule has 0 atom stereocenters. The van der Waals surface area contributed by atoms with Crippen molar-refractivity contribution < 1.29 is 19.0 Å². The molecule has 126 valence electrons. The minimum Gasteiger partial charge on any atom is -0.493 e. The first-order valence-corrected chi connectivity index (χ1v) is 7.29. The van der Waals surface area contributed by atoms with Crippen LogP contribution in [0.3, 0.4) is 0 Å². The van der Waals surface area contributed by atoms with Crippen LogP contribution in [0.2, 0.25) is 0 Å². The summed E-state index contributed by atoms with van der Waals surface area (Å²) < 4.78 is 15.9. The first-order valence-electron chi connectivity index (χ1n) is 7.29. The Kier molecular flexibility index (Phi) is 5.78. The lowest BCUT2D eigenvalue weighted by Gasteiger charge is -2.13. The molecule has 0 radical (unpaired) electrons. The maximum atomic E-state index is 12.1. The van der Waals surface area contributed by atoms with Gasteiger partial charge in [-0.25, -0.2) is 5.43 Å². The van der Waals surface area contributed by atoms with Crippen LogP contribution in [0.4, 0.5) is 0 Å². The molecule has 0 spiro atoms. The van der Waals surface area contributed by atoms with E-state index in [2.05, 4.69) is 10.5 Å². The molecule has 0 aliphatic carbocycles. The number of nitrogens with one attached hydrogen (secondary N) is 1. The van der Waals surface area contributed by atoms with Crippen LogP contribution < -0.4 is 19.6 Å². The molecule has 6 nitrogen and oxygen atoms in total. The summed E-state index contributed by atoms with van der Waals surface area (Å²) in [4.78, 5) is 12.1. The first-order chi connectivity index (χ1) is 11.6. The quantitative estimate of drug-likeness (QED) is 0.654. The van der Waals surface area contributed by atoms with Crippen LogP contribution in [-0.2, 0) is 0 Å². The summed E-state index contributed by atoms with van der Waals surface area (Å²) >= 11 is 0. The van der Waals surface area contributed by atoms with Crippen molar-refractivity contribution in [3.8, 4) is 17.2 Å². The fraction of sp³-hybridized carbons (Fsp3) is 0.222. The van der Waals surface area contributed by atoms with Gasteiger partial charge in [0.1, 0.15) is 0 Å². The smallest absolute Gasteiger partial charge is 0.271 e. The van der Waals surface area contributed by atoms with E-state index in [1.165, 1.54) is 20.4 Å². The van der Waals surface area contributed by atoms with E-state index in [1.54, 1.807) is 31.4 Å². The number of amides is 1. The molecule has 24 heavy (non-hydrogen) atoms. The fourth-order valence-corrected chi connectivity index (χ4v) is 2.24. The monoisotopic (exact) mass is 328 g/mol. The second-order valence-electron chi connectivity index (χ2n) is 4.99. The zero-order valence-corrected chi connectivity index (χ0v) is 14.1. The van der Waals surface area contributed by atoms with Crippen molar-refractivity contribution in [1.82, 2.24) is 5.43 Å². The van der Waals surface area contributed by atoms with E-state index in [0.29, 0.717) is 28.4 Å². The number of benzene rings is 2. The van der Waals surface area contributed by atoms with E-state index >= 15 is 0 Å². The van der Waals surface area contributed by atoms with E-state index in [9.17, 15) is 4.79 Å². The molecule has 0 bridgehead atoms. The van der Waals surface area contributed by atoms with Crippen molar-refractivity contribution in [3.63, 3.8) is 0 Å². The van der Waals surface area contributed by atoms with Crippen molar-refractivity contribution in [1.29, 1.82) is 0 Å². The van der Waals surface area contributed by atoms with Gasteiger partial charge in [-0.2, -0.15) is 5.10 Å². The summed E-state index contributed by atoms with van der Waals surface area (Å²) in [7, 11) is 4.61. The fourth-order valence-electron chi connectivity index (χ4n) is 2.24. The Bertz CT molecular complexity index is 757. The lowest BCUT2D eigenvalue weighted by molar-refractivity contribution is 0.0955. The van der Waals surface area contributed by atoms with Crippen molar-refractivity contribution in [2.45, 2.75) is 6.92 Å². The molecule has 6 heteroatoms. The van der Waals surface area contributed by atoms with Gasteiger partial charge < -0.3 is 14.2 Å². The van der Waals surface area contributed by atoms with Gasteiger partial charge in [0.2, 0.25) is 5.75 Å². The highest BCUT2D eigenvalue weighted by atomic mass is 16.5. The normalized spacial score (nSPS) is 10.5. The maximum absolute atomic E-state index is 12.1. The van der Waals surface area contributed by atoms with Gasteiger partial charge in [-0.15, -0.1) is 0 Å². The van der Waals surface area contributed by atoms with Gasteiger partial charge in [-0.1, -0.05) is 17.7 Å². The maximum Gasteiger partial charge on any atom is 0.271 e. The van der Waals surface area contributed by atoms with Crippen LogP contribution in [0, 0.1) is 6.92 Å². The Morgan fingerprint density at radius 2 is 1.79 bits per heavy atom. The molecule has 0 aliphatic heterocycles. The van der Waals surface area contributed by atoms with Gasteiger partial charge in [-0.3, -0.25) is 4.79 Å². The van der Waals surface area contributed by atoms with Gasteiger partial charge >= 0.3 is 0 Å². The van der Waals surface area contributed by atoms with Crippen molar-refractivity contribution in [2.75, 3.05) is 21.3 Å². The standard InChI is InChI=1S/C18H20N2O4/c1-12-6-5-7-13(10-12)18(21)20-19-11-14-8-9-15(22-2)17(24-4)16(14)23-3/h5-11H,1-4H3,(H,20,21)/b19-11+. The van der Waals surface area contributed by atoms with Crippen LogP contribution in [0.1, 0.15) is 21.5 Å². The highest BCUT2D eigenvalue weighted by Crippen LogP contribution is 2.38. The molecular weight excluding hydrogens is 308 g/mol. The largest absolute Gasteiger partial charge is 0.493 e. The van der Waals surface area contributed by atoms with Gasteiger partial charge in [0.25, 0.3) is 5.91 Å². The summed E-state index contributed by atoms with van der Waals surface area (Å²) in [5, 5.41) is 3.99. The minimum absolute atomic E-state index is 0.283. The molecule has 1 N–H and O–H groups in total. The van der Waals surface area contributed by atoms with Crippen LogP contribution in [0.25, 0.3) is 0 Å². The number of carbonyl (C=O) groups excluding carboxylic acids is 1. The Morgan fingerprint density at radius 3 is 2.42 bits per heavy atom. The number of aryl methyl sites for hydroxylation is 1. The SMILES string of the molecule is COc1ccc(/C=N/NC(=O)c2cccc(C)c2)c(OC)c1OC. The third kappa shape index (κ3) is 3.84. The zero-order chi connectivity index (χ0) is 17.5. The van der Waals surface area contributed by atoms with Gasteiger partial charge in [-0.05, 0) is 31.2 Å². The molecule has 0 aliphatic rings. The molecule has 1 amide bonds. The predicted octanol–water partition coefficient (Wildman–Crippen LogP) is 2.78. The van der Waals surface area contributed by atoms with E-state index in [-0.39, 0.29) is 5.91 Å². The highest BCUT2D eigenvalue weighted by Gasteiger charge is 2.14. The zero-order valence-electron chi connectivity index (χ0n) is 14.1. The van der Waals surface area contributed by atoms with Crippen LogP contribution in [0.5, 0.6) is 17.2 Å². The number of ether oxygens (including phenoxy) is 3. The molecule has 2 aromatic carbocycles. The third-order valence-corrected chi connectivity index (χ3v) is 3.38. The molecule has 2 rings (SSSR count). The van der Waals surface area contributed by atoms with Crippen LogP contribution >= 0.6 is 0 Å². The lowest BCUT2D eigenvalue weighted by Crippen LogP contribution is -2.17. The number of carbonyl (C=O) groups is 1. The van der Waals surface area contributed by atoms with Crippen molar-refractivity contribution in [3.05, 3.63) is 53.1 Å². The van der Waals surface area contributed by atoms with Gasteiger partial charge in [0.05, 0.1) is 27.5 Å². The molecule has 0 heterocycles. The average Bonchev–Trinajstić information content (AvgIpc) is 2.60. The summed E-state index contributed by atoms with van der Waals surface area (Å²) in [6.45, 7) is 1.93. The Labute approximate surface area is 141 Å². The number of hydrogen-bond acceptors (Lipinski definition) is 5. The van der Waals surface area contributed by atoms with Crippen molar-refractivity contribution in [2.24, 2.45) is 5.10 Å². The van der Waals surface area contributed by atoms with Gasteiger partial charge in [0.15, 0.2) is 11.5 Å². The summed E-state index contributed by atoms with van der Waals surface area (Å²) in [6, 6.07) is 10.8. The second kappa shape index (κ2) is 8.01. The topological polar surface area (TPSA) is 69.2 Å². The number of hydrogen-bond donors (Lipinski definition) is 1. The predicted molar refractivity (Wildman–Crippen MR) is 92.3 cm³/mol. The van der Waals surface area contributed by atoms with E-state index in [1.807, 2.05) is 19.1 Å². The number of rotatable bonds is 6. The third-order valence-electron chi connectivity index (χ3n) is 3.38. The van der Waals surface area contributed by atoms with E-state index < -0.39 is 0 Å². The summed E-state index contributed by atoms with van der Waals surface area (Å²) in [5.74, 6) is 1.21. The number of methoxy groups -OCH3 is 3. The molecular formula is C18H20N2O4. The van der Waals surface area contributed by atoms with E-state index in [4.69, 9.17) is 14.2 Å². The Morgan fingerprint density at radius 1 is 1.04 bits per heavy atom. The highest BCUT2D eigenvalue weighted by molar-refractivity contribution is 5.95. The lowest BCUT2D eigenvalue weighted by atomic mass is 10.1. The molecule has 0 fully saturated rings. The van der Waals surface area contributed by atoms with Gasteiger partial charge in [0, 0.05) is 11.1 Å². The Hall–Kier alpha value is -3.02. The van der Waals surface area contributed by atoms with Crippen LogP contribution in [-0.4, -0.2) is 33.5 Å². The minimum atomic E-state index is -0.283. The molecule has 0 aromatic heterocycles. The van der Waals surface area contributed by atoms with Crippen molar-refractivity contribution >= 4 is 12.1 Å².